The van der Waals surface area contributed by atoms with Gasteiger partial charge in [-0.3, -0.25) is 4.79 Å². The largest absolute Gasteiger partial charge is 0.383 e. The normalized spacial score (nSPS) is 14.3. The van der Waals surface area contributed by atoms with Crippen LogP contribution in [-0.2, 0) is 6.54 Å². The van der Waals surface area contributed by atoms with Gasteiger partial charge in [-0.2, -0.15) is 5.10 Å². The minimum absolute atomic E-state index is 0.0651. The molecule has 0 unspecified atom stereocenters. The van der Waals surface area contributed by atoms with Crippen molar-refractivity contribution in [2.24, 2.45) is 5.92 Å². The van der Waals surface area contributed by atoms with Gasteiger partial charge < -0.3 is 5.32 Å². The van der Waals surface area contributed by atoms with E-state index < -0.39 is 0 Å². The summed E-state index contributed by atoms with van der Waals surface area (Å²) in [5.41, 5.74) is 1.83. The molecule has 1 saturated carbocycles. The van der Waals surface area contributed by atoms with Crippen LogP contribution in [-0.4, -0.2) is 16.3 Å². The molecule has 0 atom stereocenters. The topological polar surface area (TPSA) is 46.9 Å². The van der Waals surface area contributed by atoms with Gasteiger partial charge in [-0.1, -0.05) is 30.3 Å². The number of benzene rings is 1. The molecule has 1 aromatic carbocycles. The second-order valence-corrected chi connectivity index (χ2v) is 5.05. The Balaban J connectivity index is 1.70. The Morgan fingerprint density at radius 2 is 2.05 bits per heavy atom. The van der Waals surface area contributed by atoms with Crippen LogP contribution in [0.4, 0.5) is 5.69 Å². The fourth-order valence-electron chi connectivity index (χ4n) is 1.99. The van der Waals surface area contributed by atoms with Crippen molar-refractivity contribution in [3.05, 3.63) is 58.5 Å². The highest BCUT2D eigenvalue weighted by Crippen LogP contribution is 2.28. The summed E-state index contributed by atoms with van der Waals surface area (Å²) in [6, 6.07) is 11.5. The van der Waals surface area contributed by atoms with Gasteiger partial charge in [-0.15, -0.1) is 0 Å². The first-order valence-electron chi connectivity index (χ1n) is 6.66. The van der Waals surface area contributed by atoms with E-state index in [-0.39, 0.29) is 5.56 Å². The van der Waals surface area contributed by atoms with Crippen LogP contribution in [0.15, 0.2) is 47.4 Å². The molecule has 4 nitrogen and oxygen atoms in total. The van der Waals surface area contributed by atoms with Crippen LogP contribution in [0.5, 0.6) is 0 Å². The van der Waals surface area contributed by atoms with Crippen LogP contribution in [0, 0.1) is 5.92 Å². The fourth-order valence-corrected chi connectivity index (χ4v) is 1.99. The van der Waals surface area contributed by atoms with Gasteiger partial charge in [0.2, 0.25) is 0 Å². The molecule has 0 spiro atoms. The van der Waals surface area contributed by atoms with Crippen molar-refractivity contribution in [2.75, 3.05) is 11.9 Å². The summed E-state index contributed by atoms with van der Waals surface area (Å²) >= 11 is 0. The highest BCUT2D eigenvalue weighted by Gasteiger charge is 2.20. The molecule has 0 radical (unpaired) electrons. The molecule has 2 aromatic rings. The first-order chi connectivity index (χ1) is 9.31. The van der Waals surface area contributed by atoms with E-state index in [1.807, 2.05) is 30.3 Å². The number of nitrogens with zero attached hydrogens (tertiary/aromatic N) is 2. The summed E-state index contributed by atoms with van der Waals surface area (Å²) in [5, 5.41) is 7.48. The lowest BCUT2D eigenvalue weighted by atomic mass is 10.2. The Morgan fingerprint density at radius 1 is 1.26 bits per heavy atom. The molecule has 1 fully saturated rings. The molecule has 1 aliphatic carbocycles. The van der Waals surface area contributed by atoms with Gasteiger partial charge in [0.25, 0.3) is 5.56 Å². The Hall–Kier alpha value is -2.10. The maximum Gasteiger partial charge on any atom is 0.269 e. The highest BCUT2D eigenvalue weighted by molar-refractivity contribution is 5.39. The average molecular weight is 255 g/mol. The van der Waals surface area contributed by atoms with Crippen molar-refractivity contribution in [3.8, 4) is 0 Å². The molecular formula is C15H17N3O. The molecule has 1 aromatic heterocycles. The molecule has 0 bridgehead atoms. The number of anilines is 1. The number of aromatic nitrogens is 2. The lowest BCUT2D eigenvalue weighted by Gasteiger charge is -2.07. The van der Waals surface area contributed by atoms with Gasteiger partial charge in [0.15, 0.2) is 0 Å². The van der Waals surface area contributed by atoms with Crippen LogP contribution >= 0.6 is 0 Å². The third kappa shape index (κ3) is 3.22. The van der Waals surface area contributed by atoms with Gasteiger partial charge in [-0.25, -0.2) is 4.68 Å². The summed E-state index contributed by atoms with van der Waals surface area (Å²) in [6.07, 6.45) is 4.32. The minimum Gasteiger partial charge on any atom is -0.383 e. The third-order valence-electron chi connectivity index (χ3n) is 3.34. The monoisotopic (exact) mass is 255 g/mol. The molecular weight excluding hydrogens is 238 g/mol. The number of rotatable bonds is 5. The van der Waals surface area contributed by atoms with Gasteiger partial charge >= 0.3 is 0 Å². The van der Waals surface area contributed by atoms with Gasteiger partial charge in [0.1, 0.15) is 0 Å². The van der Waals surface area contributed by atoms with E-state index in [9.17, 15) is 4.79 Å². The third-order valence-corrected chi connectivity index (χ3v) is 3.34. The maximum absolute atomic E-state index is 12.0. The van der Waals surface area contributed by atoms with Crippen molar-refractivity contribution in [2.45, 2.75) is 19.4 Å². The minimum atomic E-state index is -0.0651. The Morgan fingerprint density at radius 3 is 2.74 bits per heavy atom. The summed E-state index contributed by atoms with van der Waals surface area (Å²) in [7, 11) is 0. The van der Waals surface area contributed by atoms with E-state index in [1.54, 1.807) is 12.3 Å². The molecule has 0 saturated heterocycles. The van der Waals surface area contributed by atoms with Gasteiger partial charge in [0.05, 0.1) is 18.4 Å². The Bertz CT molecular complexity index is 602. The van der Waals surface area contributed by atoms with Crippen molar-refractivity contribution >= 4 is 5.69 Å². The second-order valence-electron chi connectivity index (χ2n) is 5.05. The zero-order valence-corrected chi connectivity index (χ0v) is 10.7. The molecule has 0 amide bonds. The van der Waals surface area contributed by atoms with E-state index in [1.165, 1.54) is 17.5 Å². The predicted molar refractivity (Wildman–Crippen MR) is 75.3 cm³/mol. The van der Waals surface area contributed by atoms with Crippen molar-refractivity contribution in [1.29, 1.82) is 0 Å². The molecule has 1 heterocycles. The Labute approximate surface area is 112 Å². The van der Waals surface area contributed by atoms with E-state index in [2.05, 4.69) is 10.4 Å². The fraction of sp³-hybridized carbons (Fsp3) is 0.333. The molecule has 1 N–H and O–H groups in total. The highest BCUT2D eigenvalue weighted by atomic mass is 16.1. The van der Waals surface area contributed by atoms with Gasteiger partial charge in [-0.05, 0) is 24.3 Å². The number of nitrogens with one attached hydrogen (secondary N) is 1. The predicted octanol–water partition coefficient (Wildman–Crippen LogP) is 2.11. The van der Waals surface area contributed by atoms with E-state index in [4.69, 9.17) is 0 Å². The first kappa shape index (κ1) is 12.0. The molecule has 3 rings (SSSR count). The van der Waals surface area contributed by atoms with E-state index in [0.29, 0.717) is 6.54 Å². The molecule has 4 heteroatoms. The van der Waals surface area contributed by atoms with Crippen LogP contribution in [0.1, 0.15) is 18.4 Å². The lowest BCUT2D eigenvalue weighted by molar-refractivity contribution is 0.639. The summed E-state index contributed by atoms with van der Waals surface area (Å²) in [4.78, 5) is 12.0. The van der Waals surface area contributed by atoms with Crippen molar-refractivity contribution in [1.82, 2.24) is 9.78 Å². The zero-order chi connectivity index (χ0) is 13.1. The zero-order valence-electron chi connectivity index (χ0n) is 10.7. The molecule has 1 aliphatic rings. The summed E-state index contributed by atoms with van der Waals surface area (Å²) < 4.78 is 1.48. The SMILES string of the molecule is O=c1cc(NCC2CC2)cnn1Cc1ccccc1. The average Bonchev–Trinajstić information content (AvgIpc) is 3.25. The quantitative estimate of drug-likeness (QED) is 0.890. The van der Waals surface area contributed by atoms with Crippen LogP contribution < -0.4 is 10.9 Å². The Kier molecular flexibility index (Phi) is 3.31. The smallest absolute Gasteiger partial charge is 0.269 e. The van der Waals surface area contributed by atoms with Crippen LogP contribution in [0.3, 0.4) is 0 Å². The van der Waals surface area contributed by atoms with E-state index in [0.717, 1.165) is 23.7 Å². The molecule has 98 valence electrons. The molecule has 0 aliphatic heterocycles. The summed E-state index contributed by atoms with van der Waals surface area (Å²) in [6.45, 7) is 1.46. The van der Waals surface area contributed by atoms with Crippen molar-refractivity contribution < 1.29 is 0 Å². The number of hydrogen-bond donors (Lipinski definition) is 1. The number of hydrogen-bond acceptors (Lipinski definition) is 3. The van der Waals surface area contributed by atoms with Gasteiger partial charge in [0, 0.05) is 12.6 Å². The second kappa shape index (κ2) is 5.26. The van der Waals surface area contributed by atoms with Crippen LogP contribution in [0.25, 0.3) is 0 Å². The van der Waals surface area contributed by atoms with Crippen molar-refractivity contribution in [3.63, 3.8) is 0 Å². The lowest BCUT2D eigenvalue weighted by Crippen LogP contribution is -2.23. The maximum atomic E-state index is 12.0. The van der Waals surface area contributed by atoms with Crippen LogP contribution in [0.2, 0.25) is 0 Å². The standard InChI is InChI=1S/C15H17N3O/c19-15-8-14(16-9-12-6-7-12)10-17-18(15)11-13-4-2-1-3-5-13/h1-5,8,10,12,16H,6-7,9,11H2. The molecule has 19 heavy (non-hydrogen) atoms. The first-order valence-corrected chi connectivity index (χ1v) is 6.66. The summed E-state index contributed by atoms with van der Waals surface area (Å²) in [5.74, 6) is 0.784. The van der Waals surface area contributed by atoms with E-state index >= 15 is 0 Å².